The Hall–Kier alpha value is -9.54. The molecule has 2 aromatic heterocycles. The Balaban J connectivity index is 0.00000896. The van der Waals surface area contributed by atoms with Crippen LogP contribution in [0.15, 0.2) is 255 Å². The van der Waals surface area contributed by atoms with Gasteiger partial charge in [-0.05, 0) is 142 Å². The van der Waals surface area contributed by atoms with Gasteiger partial charge >= 0.3 is 0 Å². The Bertz CT molecular complexity index is 5160. The van der Waals surface area contributed by atoms with Gasteiger partial charge in [0.2, 0.25) is 0 Å². The minimum absolute atomic E-state index is 0. The summed E-state index contributed by atoms with van der Waals surface area (Å²) in [6.07, 6.45) is 1.74. The number of fused-ring (bicyclic) bond motifs is 4. The van der Waals surface area contributed by atoms with Crippen LogP contribution in [0.4, 0.5) is 22.7 Å². The van der Waals surface area contributed by atoms with Gasteiger partial charge < -0.3 is 19.1 Å². The van der Waals surface area contributed by atoms with Crippen LogP contribution in [0.2, 0.25) is 0 Å². The second-order valence-electron chi connectivity index (χ2n) is 28.4. The topological polar surface area (TPSA) is 33.5 Å². The summed E-state index contributed by atoms with van der Waals surface area (Å²) in [5, 5.41) is 0.884. The smallest absolute Gasteiger partial charge is 0.135 e. The summed E-state index contributed by atoms with van der Waals surface area (Å²) in [6.45, 7) is 29.7. The van der Waals surface area contributed by atoms with Crippen LogP contribution >= 0.6 is 0 Å². The van der Waals surface area contributed by atoms with Crippen LogP contribution in [0.1, 0.15) is 114 Å². The molecular formula is C88H79N4OPt-3. The third-order valence-electron chi connectivity index (χ3n) is 17.6. The molecule has 3 heterocycles. The van der Waals surface area contributed by atoms with Crippen LogP contribution in [0.3, 0.4) is 0 Å². The normalized spacial score (nSPS) is 13.6. The number of hydrogen-bond acceptors (Lipinski definition) is 4. The third kappa shape index (κ3) is 11.8. The van der Waals surface area contributed by atoms with Gasteiger partial charge in [0.05, 0.1) is 8.22 Å². The van der Waals surface area contributed by atoms with E-state index in [4.69, 9.17) is 12.5 Å². The van der Waals surface area contributed by atoms with Gasteiger partial charge in [-0.1, -0.05) is 271 Å². The largest absolute Gasteiger partial charge is 0.509 e. The predicted molar refractivity (Wildman–Crippen MR) is 392 cm³/mol. The van der Waals surface area contributed by atoms with Crippen LogP contribution in [-0.2, 0) is 42.7 Å². The summed E-state index contributed by atoms with van der Waals surface area (Å²) in [6, 6.07) is 78.4. The molecule has 0 N–H and O–H groups in total. The Labute approximate surface area is 579 Å². The zero-order valence-corrected chi connectivity index (χ0v) is 57.6. The number of anilines is 4. The maximum Gasteiger partial charge on any atom is 0.135 e. The van der Waals surface area contributed by atoms with Crippen LogP contribution < -0.4 is 14.5 Å². The molecule has 0 saturated carbocycles. The molecule has 0 atom stereocenters. The fourth-order valence-electron chi connectivity index (χ4n) is 13.6. The van der Waals surface area contributed by atoms with Crippen LogP contribution in [-0.4, -0.2) is 9.55 Å². The number of benzene rings is 11. The molecular weight excluding hydrogens is 1320 g/mol. The Morgan fingerprint density at radius 3 is 1.44 bits per heavy atom. The predicted octanol–water partition coefficient (Wildman–Crippen LogP) is 24.2. The summed E-state index contributed by atoms with van der Waals surface area (Å²) in [5.41, 5.74) is 17.6. The van der Waals surface area contributed by atoms with E-state index < -0.39 is 0 Å². The molecule has 0 unspecified atom stereocenters. The van der Waals surface area contributed by atoms with E-state index in [0.29, 0.717) is 61.4 Å². The van der Waals surface area contributed by atoms with Crippen LogP contribution in [0.25, 0.3) is 94.4 Å². The SMILES string of the molecule is [2H]c1c(-c2ccccc2)c([2H])c(-c2ccccc2)c(-c2cc(Oc3[c-]c4c(cc3)c3c([2H])c([2H])c([2H])c([2H])c3n4-c3cc(C(C)(C)C)ccn3)[c-]c(N3[CH-]N(c4c(-c5ccccc5)c(C(C)(C)C)c(C(C)(C)C)c(C(C)(C)C)c4-c4ccccc4)c4ccccc43)c2)c1-c1ccccc1.[Pt]. The van der Waals surface area contributed by atoms with Crippen molar-refractivity contribution in [3.63, 3.8) is 0 Å². The van der Waals surface area contributed by atoms with Crippen molar-refractivity contribution in [2.24, 2.45) is 0 Å². The molecule has 11 aromatic carbocycles. The molecule has 13 aromatic rings. The first kappa shape index (κ1) is 56.0. The Morgan fingerprint density at radius 1 is 0.426 bits per heavy atom. The van der Waals surface area contributed by atoms with Crippen molar-refractivity contribution in [3.8, 4) is 84.1 Å². The maximum absolute atomic E-state index is 10.5. The molecule has 1 aliphatic heterocycles. The van der Waals surface area contributed by atoms with Crippen LogP contribution in [0.5, 0.6) is 11.5 Å². The molecule has 0 aliphatic carbocycles. The molecule has 94 heavy (non-hydrogen) atoms. The van der Waals surface area contributed by atoms with E-state index in [0.717, 1.165) is 61.6 Å². The van der Waals surface area contributed by atoms with Crippen molar-refractivity contribution in [1.29, 1.82) is 0 Å². The fraction of sp³-hybridized carbons (Fsp3) is 0.182. The van der Waals surface area contributed by atoms with E-state index in [1.807, 2.05) is 115 Å². The van der Waals surface area contributed by atoms with Gasteiger partial charge in [-0.3, -0.25) is 0 Å². The molecule has 0 saturated heterocycles. The monoisotopic (exact) mass is 1410 g/mol. The average Bonchev–Trinajstić information content (AvgIpc) is 1.21. The molecule has 5 nitrogen and oxygen atoms in total. The molecule has 1 aliphatic rings. The second kappa shape index (κ2) is 24.7. The zero-order valence-electron chi connectivity index (χ0n) is 61.4. The van der Waals surface area contributed by atoms with E-state index in [-0.39, 0.29) is 90.2 Å². The molecule has 14 rings (SSSR count). The van der Waals surface area contributed by atoms with Crippen molar-refractivity contribution in [2.75, 3.05) is 9.80 Å². The molecule has 0 fully saturated rings. The molecule has 0 bridgehead atoms. The Morgan fingerprint density at radius 2 is 0.915 bits per heavy atom. The van der Waals surface area contributed by atoms with E-state index in [1.165, 1.54) is 16.7 Å². The minimum Gasteiger partial charge on any atom is -0.509 e. The van der Waals surface area contributed by atoms with Gasteiger partial charge in [0, 0.05) is 72.5 Å². The number of hydrogen-bond donors (Lipinski definition) is 0. The summed E-state index contributed by atoms with van der Waals surface area (Å²) >= 11 is 0. The van der Waals surface area contributed by atoms with Gasteiger partial charge in [0.1, 0.15) is 5.82 Å². The Kier molecular flexibility index (Phi) is 14.7. The fourth-order valence-corrected chi connectivity index (χ4v) is 13.6. The van der Waals surface area contributed by atoms with Gasteiger partial charge in [-0.15, -0.1) is 53.6 Å². The standard InChI is InChI=1S/C88H79N4O.Pt/c1-85(2,3)65-48-49-89-77(54-65)92-73-43-29-28-42-69(73)70-47-46-67(56-76(70)92)93-68-51-64(78-71(59-34-20-14-21-35-59)52-63(58-32-18-13-19-33-58)53-72(78)60-36-22-15-23-37-60)50-66(55-68)90-57-91(75-45-31-30-44-74(75)90)84-79(61-38-24-16-25-39-61)81(86(4,5)6)83(88(10,11)12)82(87(7,8)9)80(84)62-40-26-17-27-41-62;/h13-54,57H,1-12H3;/q-3;/i28D,29D,42D,43D,52D,53D;. The number of nitrogens with zero attached hydrogens (tertiary/aromatic N) is 4. The van der Waals surface area contributed by atoms with Gasteiger partial charge in [-0.25, -0.2) is 4.98 Å². The first-order valence-electron chi connectivity index (χ1n) is 35.1. The van der Waals surface area contributed by atoms with Gasteiger partial charge in [0.25, 0.3) is 0 Å². The van der Waals surface area contributed by atoms with E-state index >= 15 is 0 Å². The number of aromatic nitrogens is 2. The first-order chi connectivity index (χ1) is 47.2. The van der Waals surface area contributed by atoms with Crippen LogP contribution in [0, 0.1) is 18.8 Å². The number of para-hydroxylation sites is 3. The van der Waals surface area contributed by atoms with E-state index in [9.17, 15) is 5.48 Å². The average molecular weight is 1410 g/mol. The summed E-state index contributed by atoms with van der Waals surface area (Å²) < 4.78 is 66.7. The summed E-state index contributed by atoms with van der Waals surface area (Å²) in [5.74, 6) is 1.03. The third-order valence-corrected chi connectivity index (χ3v) is 17.6. The number of rotatable bonds is 11. The van der Waals surface area contributed by atoms with Crippen molar-refractivity contribution < 1.29 is 34.0 Å². The summed E-state index contributed by atoms with van der Waals surface area (Å²) in [7, 11) is 0. The molecule has 0 amide bonds. The summed E-state index contributed by atoms with van der Waals surface area (Å²) in [4.78, 5) is 9.45. The molecule has 0 radical (unpaired) electrons. The van der Waals surface area contributed by atoms with Crippen molar-refractivity contribution >= 4 is 44.6 Å². The van der Waals surface area contributed by atoms with E-state index in [2.05, 4.69) is 203 Å². The maximum atomic E-state index is 10.5. The molecule has 0 spiro atoms. The first-order valence-corrected chi connectivity index (χ1v) is 32.1. The number of ether oxygens (including phenoxy) is 1. The zero-order chi connectivity index (χ0) is 69.8. The van der Waals surface area contributed by atoms with Crippen molar-refractivity contribution in [2.45, 2.75) is 105 Å². The van der Waals surface area contributed by atoms with Crippen molar-refractivity contribution in [1.82, 2.24) is 9.55 Å². The van der Waals surface area contributed by atoms with Gasteiger partial charge in [-0.2, -0.15) is 6.07 Å². The quantitative estimate of drug-likeness (QED) is 0.121. The van der Waals surface area contributed by atoms with Crippen molar-refractivity contribution in [3.05, 3.63) is 296 Å². The minimum atomic E-state index is -0.357. The number of pyridine rings is 1. The van der Waals surface area contributed by atoms with Gasteiger partial charge in [0.15, 0.2) is 0 Å². The second-order valence-corrected chi connectivity index (χ2v) is 28.4. The molecule has 470 valence electrons. The molecule has 6 heteroatoms. The van der Waals surface area contributed by atoms with E-state index in [1.54, 1.807) is 16.8 Å².